The summed E-state index contributed by atoms with van der Waals surface area (Å²) in [5.41, 5.74) is 1.58. The van der Waals surface area contributed by atoms with Crippen LogP contribution >= 0.6 is 11.6 Å². The first-order chi connectivity index (χ1) is 11.8. The summed E-state index contributed by atoms with van der Waals surface area (Å²) in [6, 6.07) is 11.2. The topological polar surface area (TPSA) is 91.9 Å². The third kappa shape index (κ3) is 3.89. The van der Waals surface area contributed by atoms with Crippen molar-refractivity contribution in [3.05, 3.63) is 65.4 Å². The fourth-order valence-corrected chi connectivity index (χ4v) is 3.25. The molecule has 6 nitrogen and oxygen atoms in total. The lowest BCUT2D eigenvalue weighted by atomic mass is 10.1. The standard InChI is InChI=1S/C17H14ClN3O3S/c1-25(23,24)13-5-6-14(15(18)10-13)17(22)21-12-4-2-3-11(9-12)16-19-7-8-20-16/h2-10H,1H3,(H,19,20)(H,21,22). The summed E-state index contributed by atoms with van der Waals surface area (Å²) in [7, 11) is -3.38. The quantitative estimate of drug-likeness (QED) is 0.731. The zero-order valence-corrected chi connectivity index (χ0v) is 14.7. The Morgan fingerprint density at radius 3 is 2.64 bits per heavy atom. The first-order valence-corrected chi connectivity index (χ1v) is 9.52. The highest BCUT2D eigenvalue weighted by molar-refractivity contribution is 7.90. The molecular weight excluding hydrogens is 362 g/mol. The fourth-order valence-electron chi connectivity index (χ4n) is 2.28. The van der Waals surface area contributed by atoms with Gasteiger partial charge in [0.2, 0.25) is 0 Å². The van der Waals surface area contributed by atoms with Crippen molar-refractivity contribution in [2.45, 2.75) is 4.90 Å². The lowest BCUT2D eigenvalue weighted by Gasteiger charge is -2.09. The molecule has 0 fully saturated rings. The fraction of sp³-hybridized carbons (Fsp3) is 0.0588. The molecule has 0 atom stereocenters. The van der Waals surface area contributed by atoms with E-state index in [4.69, 9.17) is 11.6 Å². The van der Waals surface area contributed by atoms with Crippen molar-refractivity contribution in [1.29, 1.82) is 0 Å². The monoisotopic (exact) mass is 375 g/mol. The van der Waals surface area contributed by atoms with Gasteiger partial charge in [-0.1, -0.05) is 23.7 Å². The molecule has 0 aliphatic heterocycles. The number of halogens is 1. The predicted octanol–water partition coefficient (Wildman–Crippen LogP) is 3.39. The Bertz CT molecular complexity index is 1030. The van der Waals surface area contributed by atoms with Crippen LogP contribution in [0, 0.1) is 0 Å². The van der Waals surface area contributed by atoms with Crippen LogP contribution in [0.5, 0.6) is 0 Å². The van der Waals surface area contributed by atoms with E-state index in [1.807, 2.05) is 6.07 Å². The van der Waals surface area contributed by atoms with Crippen LogP contribution in [0.2, 0.25) is 5.02 Å². The zero-order chi connectivity index (χ0) is 18.0. The Balaban J connectivity index is 1.85. The summed E-state index contributed by atoms with van der Waals surface area (Å²) < 4.78 is 23.1. The predicted molar refractivity (Wildman–Crippen MR) is 96.5 cm³/mol. The first kappa shape index (κ1) is 17.2. The minimum absolute atomic E-state index is 0.0638. The van der Waals surface area contributed by atoms with Gasteiger partial charge in [0.1, 0.15) is 5.82 Å². The summed E-state index contributed by atoms with van der Waals surface area (Å²) in [6.45, 7) is 0. The lowest BCUT2D eigenvalue weighted by Crippen LogP contribution is -2.13. The van der Waals surface area contributed by atoms with Crippen molar-refractivity contribution >= 4 is 33.0 Å². The number of aromatic amines is 1. The molecule has 1 heterocycles. The van der Waals surface area contributed by atoms with Crippen molar-refractivity contribution in [1.82, 2.24) is 9.97 Å². The van der Waals surface area contributed by atoms with Gasteiger partial charge in [-0.15, -0.1) is 0 Å². The van der Waals surface area contributed by atoms with E-state index in [0.29, 0.717) is 11.5 Å². The summed E-state index contributed by atoms with van der Waals surface area (Å²) >= 11 is 6.07. The maximum Gasteiger partial charge on any atom is 0.257 e. The molecule has 0 radical (unpaired) electrons. The third-order valence-corrected chi connectivity index (χ3v) is 4.93. The van der Waals surface area contributed by atoms with Gasteiger partial charge in [-0.05, 0) is 30.3 Å². The number of imidazole rings is 1. The average molecular weight is 376 g/mol. The molecule has 25 heavy (non-hydrogen) atoms. The number of carbonyl (C=O) groups excluding carboxylic acids is 1. The first-order valence-electron chi connectivity index (χ1n) is 7.25. The highest BCUT2D eigenvalue weighted by Crippen LogP contribution is 2.23. The molecule has 0 unspecified atom stereocenters. The molecule has 0 aliphatic carbocycles. The summed E-state index contributed by atoms with van der Waals surface area (Å²) in [6.07, 6.45) is 4.44. The molecule has 1 amide bonds. The van der Waals surface area contributed by atoms with Crippen LogP contribution in [0.4, 0.5) is 5.69 Å². The number of aromatic nitrogens is 2. The third-order valence-electron chi connectivity index (χ3n) is 3.51. The Morgan fingerprint density at radius 2 is 2.00 bits per heavy atom. The van der Waals surface area contributed by atoms with Gasteiger partial charge < -0.3 is 10.3 Å². The molecule has 128 valence electrons. The van der Waals surface area contributed by atoms with Crippen LogP contribution in [-0.4, -0.2) is 30.5 Å². The Kier molecular flexibility index (Phi) is 4.61. The molecular formula is C17H14ClN3O3S. The van der Waals surface area contributed by atoms with Crippen molar-refractivity contribution in [3.63, 3.8) is 0 Å². The van der Waals surface area contributed by atoms with E-state index in [0.717, 1.165) is 11.8 Å². The van der Waals surface area contributed by atoms with Crippen LogP contribution in [0.15, 0.2) is 59.8 Å². The SMILES string of the molecule is CS(=O)(=O)c1ccc(C(=O)Nc2cccc(-c3ncc[nH]3)c2)c(Cl)c1. The number of hydrogen-bond donors (Lipinski definition) is 2. The zero-order valence-electron chi connectivity index (χ0n) is 13.2. The summed E-state index contributed by atoms with van der Waals surface area (Å²) in [5.74, 6) is 0.258. The van der Waals surface area contributed by atoms with E-state index in [1.165, 1.54) is 18.2 Å². The Morgan fingerprint density at radius 1 is 1.20 bits per heavy atom. The molecule has 0 bridgehead atoms. The molecule has 0 saturated heterocycles. The van der Waals surface area contributed by atoms with Crippen molar-refractivity contribution < 1.29 is 13.2 Å². The highest BCUT2D eigenvalue weighted by atomic mass is 35.5. The number of sulfone groups is 1. The number of carbonyl (C=O) groups is 1. The van der Waals surface area contributed by atoms with Gasteiger partial charge in [-0.2, -0.15) is 0 Å². The number of benzene rings is 2. The van der Waals surface area contributed by atoms with Crippen molar-refractivity contribution in [2.24, 2.45) is 0 Å². The molecule has 2 aromatic carbocycles. The maximum absolute atomic E-state index is 12.4. The number of nitrogens with zero attached hydrogens (tertiary/aromatic N) is 1. The van der Waals surface area contributed by atoms with E-state index >= 15 is 0 Å². The Labute approximate surface area is 149 Å². The summed E-state index contributed by atoms with van der Waals surface area (Å²) in [5, 5.41) is 2.82. The number of amides is 1. The molecule has 8 heteroatoms. The molecule has 0 aliphatic rings. The number of nitrogens with one attached hydrogen (secondary N) is 2. The molecule has 2 N–H and O–H groups in total. The minimum Gasteiger partial charge on any atom is -0.345 e. The van der Waals surface area contributed by atoms with E-state index in [-0.39, 0.29) is 15.5 Å². The van der Waals surface area contributed by atoms with Crippen LogP contribution in [-0.2, 0) is 9.84 Å². The van der Waals surface area contributed by atoms with E-state index in [9.17, 15) is 13.2 Å². The number of hydrogen-bond acceptors (Lipinski definition) is 4. The van der Waals surface area contributed by atoms with Gasteiger partial charge in [-0.25, -0.2) is 13.4 Å². The minimum atomic E-state index is -3.38. The molecule has 3 aromatic rings. The highest BCUT2D eigenvalue weighted by Gasteiger charge is 2.15. The number of anilines is 1. The average Bonchev–Trinajstić information content (AvgIpc) is 3.08. The number of H-pyrrole nitrogens is 1. The molecule has 0 spiro atoms. The molecule has 0 saturated carbocycles. The van der Waals surface area contributed by atoms with Gasteiger partial charge in [-0.3, -0.25) is 4.79 Å². The van der Waals surface area contributed by atoms with Crippen LogP contribution in [0.25, 0.3) is 11.4 Å². The van der Waals surface area contributed by atoms with Gasteiger partial charge in [0.15, 0.2) is 9.84 Å². The van der Waals surface area contributed by atoms with E-state index < -0.39 is 15.7 Å². The second-order valence-corrected chi connectivity index (χ2v) is 7.81. The van der Waals surface area contributed by atoms with Gasteiger partial charge >= 0.3 is 0 Å². The van der Waals surface area contributed by atoms with E-state index in [2.05, 4.69) is 15.3 Å². The lowest BCUT2D eigenvalue weighted by molar-refractivity contribution is 0.102. The normalized spacial score (nSPS) is 11.3. The second-order valence-electron chi connectivity index (χ2n) is 5.39. The summed E-state index contributed by atoms with van der Waals surface area (Å²) in [4.78, 5) is 19.6. The van der Waals surface area contributed by atoms with Crippen LogP contribution in [0.3, 0.4) is 0 Å². The van der Waals surface area contributed by atoms with Gasteiger partial charge in [0.05, 0.1) is 15.5 Å². The van der Waals surface area contributed by atoms with Crippen molar-refractivity contribution in [3.8, 4) is 11.4 Å². The second kappa shape index (κ2) is 6.70. The smallest absolute Gasteiger partial charge is 0.257 e. The van der Waals surface area contributed by atoms with E-state index in [1.54, 1.807) is 30.6 Å². The van der Waals surface area contributed by atoms with Crippen molar-refractivity contribution in [2.75, 3.05) is 11.6 Å². The van der Waals surface area contributed by atoms with Gasteiger partial charge in [0, 0.05) is 29.9 Å². The molecule has 3 rings (SSSR count). The largest absolute Gasteiger partial charge is 0.345 e. The maximum atomic E-state index is 12.4. The Hall–Kier alpha value is -2.64. The van der Waals surface area contributed by atoms with Crippen LogP contribution < -0.4 is 5.32 Å². The molecule has 1 aromatic heterocycles. The van der Waals surface area contributed by atoms with Crippen LogP contribution in [0.1, 0.15) is 10.4 Å². The van der Waals surface area contributed by atoms with Gasteiger partial charge in [0.25, 0.3) is 5.91 Å². The number of rotatable bonds is 4.